The average molecular weight is 418 g/mol. The number of anilines is 2. The highest BCUT2D eigenvalue weighted by Gasteiger charge is 2.33. The molecule has 10 heteroatoms. The Kier molecular flexibility index (Phi) is 5.27. The lowest BCUT2D eigenvalue weighted by atomic mass is 10.0. The third-order valence-electron chi connectivity index (χ3n) is 5.09. The molecule has 0 bridgehead atoms. The smallest absolute Gasteiger partial charge is 0.414 e. The topological polar surface area (TPSA) is 111 Å². The van der Waals surface area contributed by atoms with Crippen molar-refractivity contribution in [1.82, 2.24) is 0 Å². The second-order valence-corrected chi connectivity index (χ2v) is 7.03. The normalized spacial score (nSPS) is 21.2. The van der Waals surface area contributed by atoms with Gasteiger partial charge in [-0.15, -0.1) is 0 Å². The van der Waals surface area contributed by atoms with E-state index >= 15 is 0 Å². The van der Waals surface area contributed by atoms with Crippen molar-refractivity contribution in [2.24, 2.45) is 11.5 Å². The van der Waals surface area contributed by atoms with Crippen molar-refractivity contribution in [3.8, 4) is 11.1 Å². The fourth-order valence-electron chi connectivity index (χ4n) is 3.49. The van der Waals surface area contributed by atoms with Crippen LogP contribution in [0.2, 0.25) is 0 Å². The molecule has 8 nitrogen and oxygen atoms in total. The van der Waals surface area contributed by atoms with E-state index in [2.05, 4.69) is 0 Å². The molecule has 0 radical (unpaired) electrons. The van der Waals surface area contributed by atoms with Crippen molar-refractivity contribution >= 4 is 23.6 Å². The van der Waals surface area contributed by atoms with E-state index in [9.17, 15) is 18.4 Å². The molecular formula is C20H20F2N4O4. The first-order valence-electron chi connectivity index (χ1n) is 9.37. The zero-order valence-corrected chi connectivity index (χ0v) is 15.9. The summed E-state index contributed by atoms with van der Waals surface area (Å²) >= 11 is 0. The molecule has 2 amide bonds. The second kappa shape index (κ2) is 7.88. The minimum absolute atomic E-state index is 0.0228. The highest BCUT2D eigenvalue weighted by molar-refractivity contribution is 5.91. The number of nitrogens with zero attached hydrogens (tertiary/aromatic N) is 2. The number of nitrogens with two attached hydrogens (primary N) is 2. The Morgan fingerprint density at radius 3 is 1.50 bits per heavy atom. The lowest BCUT2D eigenvalue weighted by molar-refractivity contribution is 0.144. The molecule has 4 rings (SSSR count). The third kappa shape index (κ3) is 3.55. The Morgan fingerprint density at radius 2 is 1.20 bits per heavy atom. The largest absolute Gasteiger partial charge is 0.443 e. The van der Waals surface area contributed by atoms with Crippen LogP contribution in [-0.4, -0.2) is 50.6 Å². The van der Waals surface area contributed by atoms with Gasteiger partial charge >= 0.3 is 12.2 Å². The first kappa shape index (κ1) is 20.0. The Bertz CT molecular complexity index is 923. The zero-order valence-electron chi connectivity index (χ0n) is 15.9. The SMILES string of the molecule is NC[C@@H]1CN(c2ccc(-c3ccc(N4C[C@H](CN)OC4=O)cc3F)c(F)c2)C(=O)O1. The van der Waals surface area contributed by atoms with Gasteiger partial charge in [-0.05, 0) is 36.4 Å². The van der Waals surface area contributed by atoms with Crippen molar-refractivity contribution in [1.29, 1.82) is 0 Å². The zero-order chi connectivity index (χ0) is 21.4. The fraction of sp³-hybridized carbons (Fsp3) is 0.300. The van der Waals surface area contributed by atoms with E-state index in [0.29, 0.717) is 11.4 Å². The van der Waals surface area contributed by atoms with E-state index in [4.69, 9.17) is 20.9 Å². The molecule has 0 aliphatic carbocycles. The van der Waals surface area contributed by atoms with Crippen LogP contribution in [-0.2, 0) is 9.47 Å². The number of hydrogen-bond donors (Lipinski definition) is 2. The summed E-state index contributed by atoms with van der Waals surface area (Å²) in [5.74, 6) is -1.40. The monoisotopic (exact) mass is 418 g/mol. The Hall–Kier alpha value is -3.24. The van der Waals surface area contributed by atoms with Crippen LogP contribution in [0.3, 0.4) is 0 Å². The number of rotatable bonds is 5. The molecule has 0 unspecified atom stereocenters. The standard InChI is InChI=1S/C20H20F2N4O4/c21-17-5-11(25-9-13(7-23)29-19(25)27)1-3-15(17)16-4-2-12(6-18(16)22)26-10-14(8-24)30-20(26)28/h1-6,13-14H,7-10,23-24H2/t13-,14+. The van der Waals surface area contributed by atoms with Crippen molar-refractivity contribution in [2.75, 3.05) is 36.0 Å². The Balaban J connectivity index is 1.59. The predicted octanol–water partition coefficient (Wildman–Crippen LogP) is 2.20. The predicted molar refractivity (Wildman–Crippen MR) is 105 cm³/mol. The first-order chi connectivity index (χ1) is 14.4. The third-order valence-corrected chi connectivity index (χ3v) is 5.09. The number of hydrogen-bond acceptors (Lipinski definition) is 6. The molecule has 2 saturated heterocycles. The maximum atomic E-state index is 14.8. The number of ether oxygens (including phenoxy) is 2. The highest BCUT2D eigenvalue weighted by Crippen LogP contribution is 2.33. The lowest BCUT2D eigenvalue weighted by Crippen LogP contribution is -2.27. The number of carbonyl (C=O) groups is 2. The van der Waals surface area contributed by atoms with Gasteiger partial charge in [-0.1, -0.05) is 0 Å². The summed E-state index contributed by atoms with van der Waals surface area (Å²) in [6, 6.07) is 8.09. The molecule has 2 fully saturated rings. The summed E-state index contributed by atoms with van der Waals surface area (Å²) in [4.78, 5) is 26.4. The number of amides is 2. The summed E-state index contributed by atoms with van der Waals surface area (Å²) in [6.45, 7) is 0.758. The molecule has 2 aromatic rings. The number of benzene rings is 2. The van der Waals surface area contributed by atoms with E-state index in [1.165, 1.54) is 34.1 Å². The van der Waals surface area contributed by atoms with Crippen LogP contribution in [0.25, 0.3) is 11.1 Å². The molecular weight excluding hydrogens is 398 g/mol. The summed E-state index contributed by atoms with van der Waals surface area (Å²) in [5.41, 5.74) is 11.6. The highest BCUT2D eigenvalue weighted by atomic mass is 19.1. The van der Waals surface area contributed by atoms with Crippen LogP contribution in [0, 0.1) is 11.6 Å². The second-order valence-electron chi connectivity index (χ2n) is 7.03. The summed E-state index contributed by atoms with van der Waals surface area (Å²) in [6.07, 6.45) is -2.13. The van der Waals surface area contributed by atoms with Gasteiger partial charge in [0.1, 0.15) is 23.8 Å². The van der Waals surface area contributed by atoms with E-state index in [1.54, 1.807) is 0 Å². The van der Waals surface area contributed by atoms with Gasteiger partial charge in [-0.3, -0.25) is 9.80 Å². The van der Waals surface area contributed by atoms with Crippen LogP contribution in [0.4, 0.5) is 29.7 Å². The lowest BCUT2D eigenvalue weighted by Gasteiger charge is -2.16. The van der Waals surface area contributed by atoms with Crippen molar-refractivity contribution < 1.29 is 27.8 Å². The maximum absolute atomic E-state index is 14.8. The number of carbonyl (C=O) groups excluding carboxylic acids is 2. The van der Waals surface area contributed by atoms with Gasteiger partial charge < -0.3 is 20.9 Å². The summed E-state index contributed by atoms with van der Waals surface area (Å²) in [7, 11) is 0. The molecule has 30 heavy (non-hydrogen) atoms. The van der Waals surface area contributed by atoms with Crippen LogP contribution in [0.1, 0.15) is 0 Å². The van der Waals surface area contributed by atoms with Crippen LogP contribution in [0.15, 0.2) is 36.4 Å². The van der Waals surface area contributed by atoms with Crippen LogP contribution in [0.5, 0.6) is 0 Å². The summed E-state index contributed by atoms with van der Waals surface area (Å²) < 4.78 is 39.7. The summed E-state index contributed by atoms with van der Waals surface area (Å²) in [5, 5.41) is 0. The number of halogens is 2. The molecule has 0 spiro atoms. The average Bonchev–Trinajstić information content (AvgIpc) is 3.30. The molecule has 0 saturated carbocycles. The minimum Gasteiger partial charge on any atom is -0.443 e. The van der Waals surface area contributed by atoms with Gasteiger partial charge in [-0.25, -0.2) is 18.4 Å². The quantitative estimate of drug-likeness (QED) is 0.770. The Morgan fingerprint density at radius 1 is 0.800 bits per heavy atom. The van der Waals surface area contributed by atoms with Crippen molar-refractivity contribution in [3.05, 3.63) is 48.0 Å². The van der Waals surface area contributed by atoms with Gasteiger partial charge in [0.25, 0.3) is 0 Å². The molecule has 2 aliphatic heterocycles. The fourth-order valence-corrected chi connectivity index (χ4v) is 3.49. The molecule has 158 valence electrons. The minimum atomic E-state index is -0.702. The first-order valence-corrected chi connectivity index (χ1v) is 9.37. The van der Waals surface area contributed by atoms with E-state index in [0.717, 1.165) is 12.1 Å². The molecule has 2 aromatic carbocycles. The molecule has 0 aromatic heterocycles. The van der Waals surface area contributed by atoms with Gasteiger partial charge in [0.05, 0.1) is 24.5 Å². The van der Waals surface area contributed by atoms with Crippen LogP contribution >= 0.6 is 0 Å². The van der Waals surface area contributed by atoms with Gasteiger partial charge in [0.15, 0.2) is 0 Å². The molecule has 2 aliphatic rings. The van der Waals surface area contributed by atoms with E-state index < -0.39 is 36.0 Å². The molecule has 4 N–H and O–H groups in total. The molecule has 2 atom stereocenters. The molecule has 2 heterocycles. The maximum Gasteiger partial charge on any atom is 0.414 e. The van der Waals surface area contributed by atoms with Gasteiger partial charge in [0, 0.05) is 24.2 Å². The van der Waals surface area contributed by atoms with Crippen molar-refractivity contribution in [2.45, 2.75) is 12.2 Å². The van der Waals surface area contributed by atoms with Crippen molar-refractivity contribution in [3.63, 3.8) is 0 Å². The Labute approximate surface area is 170 Å². The number of cyclic esters (lactones) is 2. The van der Waals surface area contributed by atoms with Gasteiger partial charge in [-0.2, -0.15) is 0 Å². The van der Waals surface area contributed by atoms with Gasteiger partial charge in [0.2, 0.25) is 0 Å². The van der Waals surface area contributed by atoms with Crippen LogP contribution < -0.4 is 21.3 Å². The van der Waals surface area contributed by atoms with E-state index in [-0.39, 0.29) is 37.3 Å². The van der Waals surface area contributed by atoms with E-state index in [1.807, 2.05) is 0 Å².